The van der Waals surface area contributed by atoms with Crippen molar-refractivity contribution in [1.82, 2.24) is 9.88 Å². The minimum Gasteiger partial charge on any atom is -0.295 e. The van der Waals surface area contributed by atoms with Crippen molar-refractivity contribution in [2.75, 3.05) is 7.05 Å². The molecule has 4 atom stereocenters. The molecule has 2 rings (SSSR count). The lowest BCUT2D eigenvalue weighted by atomic mass is 9.73. The van der Waals surface area contributed by atoms with Crippen molar-refractivity contribution in [3.8, 4) is 0 Å². The molecule has 1 aromatic rings. The number of hydrogen-bond acceptors (Lipinski definition) is 2. The summed E-state index contributed by atoms with van der Waals surface area (Å²) in [5.41, 5.74) is 5.57. The molecule has 0 aromatic carbocycles. The molecule has 0 aliphatic carbocycles. The van der Waals surface area contributed by atoms with E-state index >= 15 is 0 Å². The molecule has 23 heavy (non-hydrogen) atoms. The van der Waals surface area contributed by atoms with Crippen molar-refractivity contribution >= 4 is 0 Å². The van der Waals surface area contributed by atoms with Crippen molar-refractivity contribution in [1.29, 1.82) is 0 Å². The van der Waals surface area contributed by atoms with Gasteiger partial charge in [0.2, 0.25) is 0 Å². The standard InChI is InChI=1S/C21H36N2/c1-12(2)18-10-14(5)16(7)23(9)17(8)21-20(18)19(13(3)4)11-15(6)22-21/h11-14,16-18H,10H2,1-9H3/t14-,16-,17+,18?/m0/s1. The Hall–Kier alpha value is -0.890. The van der Waals surface area contributed by atoms with Crippen LogP contribution in [-0.4, -0.2) is 23.0 Å². The van der Waals surface area contributed by atoms with Gasteiger partial charge < -0.3 is 0 Å². The molecule has 1 aromatic heterocycles. The van der Waals surface area contributed by atoms with E-state index in [1.807, 2.05) is 0 Å². The van der Waals surface area contributed by atoms with Gasteiger partial charge in [-0.05, 0) is 75.1 Å². The lowest BCUT2D eigenvalue weighted by Gasteiger charge is -2.42. The Bertz CT molecular complexity index is 547. The summed E-state index contributed by atoms with van der Waals surface area (Å²) in [5.74, 6) is 2.52. The molecule has 2 heteroatoms. The second kappa shape index (κ2) is 6.93. The number of aryl methyl sites for hydroxylation is 1. The van der Waals surface area contributed by atoms with Crippen molar-refractivity contribution in [3.63, 3.8) is 0 Å². The van der Waals surface area contributed by atoms with Crippen LogP contribution in [0, 0.1) is 18.8 Å². The number of aromatic nitrogens is 1. The summed E-state index contributed by atoms with van der Waals surface area (Å²) in [6, 6.07) is 3.30. The smallest absolute Gasteiger partial charge is 0.0613 e. The summed E-state index contributed by atoms with van der Waals surface area (Å²) in [6.07, 6.45) is 1.26. The van der Waals surface area contributed by atoms with Gasteiger partial charge in [0.15, 0.2) is 0 Å². The molecular formula is C21H36N2. The highest BCUT2D eigenvalue weighted by Gasteiger charge is 2.35. The Morgan fingerprint density at radius 2 is 1.74 bits per heavy atom. The summed E-state index contributed by atoms with van der Waals surface area (Å²) in [5, 5.41) is 0. The normalized spacial score (nSPS) is 29.5. The molecular weight excluding hydrogens is 280 g/mol. The first-order valence-electron chi connectivity index (χ1n) is 9.38. The van der Waals surface area contributed by atoms with Crippen molar-refractivity contribution in [2.45, 2.75) is 85.7 Å². The average Bonchev–Trinajstić information content (AvgIpc) is 2.48. The maximum Gasteiger partial charge on any atom is 0.0613 e. The highest BCUT2D eigenvalue weighted by Crippen LogP contribution is 2.43. The van der Waals surface area contributed by atoms with Gasteiger partial charge in [-0.2, -0.15) is 0 Å². The molecule has 0 fully saturated rings. The van der Waals surface area contributed by atoms with Crippen LogP contribution in [-0.2, 0) is 0 Å². The zero-order valence-electron chi connectivity index (χ0n) is 16.6. The van der Waals surface area contributed by atoms with Gasteiger partial charge in [-0.1, -0.05) is 34.6 Å². The number of nitrogens with zero attached hydrogens (tertiary/aromatic N) is 2. The van der Waals surface area contributed by atoms with Gasteiger partial charge in [0, 0.05) is 17.8 Å². The van der Waals surface area contributed by atoms with Crippen LogP contribution in [0.15, 0.2) is 6.07 Å². The zero-order chi connectivity index (χ0) is 17.5. The van der Waals surface area contributed by atoms with E-state index < -0.39 is 0 Å². The first-order chi connectivity index (χ1) is 10.6. The Balaban J connectivity index is 2.73. The third-order valence-corrected chi connectivity index (χ3v) is 6.14. The number of rotatable bonds is 2. The molecule has 0 spiro atoms. The van der Waals surface area contributed by atoms with Crippen molar-refractivity contribution in [3.05, 3.63) is 28.6 Å². The van der Waals surface area contributed by atoms with Crippen molar-refractivity contribution in [2.24, 2.45) is 11.8 Å². The first-order valence-corrected chi connectivity index (χ1v) is 9.38. The predicted octanol–water partition coefficient (Wildman–Crippen LogP) is 5.67. The quantitative estimate of drug-likeness (QED) is 0.698. The minimum absolute atomic E-state index is 0.376. The van der Waals surface area contributed by atoms with E-state index in [1.54, 1.807) is 5.56 Å². The van der Waals surface area contributed by atoms with Crippen LogP contribution in [0.2, 0.25) is 0 Å². The Morgan fingerprint density at radius 3 is 2.26 bits per heavy atom. The Labute approximate surface area is 143 Å². The van der Waals surface area contributed by atoms with Gasteiger partial charge in [0.1, 0.15) is 0 Å². The zero-order valence-corrected chi connectivity index (χ0v) is 16.6. The van der Waals surface area contributed by atoms with E-state index in [-0.39, 0.29) is 0 Å². The molecule has 0 bridgehead atoms. The summed E-state index contributed by atoms with van der Waals surface area (Å²) in [6.45, 7) is 18.7. The summed E-state index contributed by atoms with van der Waals surface area (Å²) >= 11 is 0. The molecule has 0 amide bonds. The fourth-order valence-electron chi connectivity index (χ4n) is 4.20. The molecule has 1 aliphatic heterocycles. The minimum atomic E-state index is 0.376. The summed E-state index contributed by atoms with van der Waals surface area (Å²) in [4.78, 5) is 7.56. The number of pyridine rings is 1. The molecule has 0 N–H and O–H groups in total. The second-order valence-corrected chi connectivity index (χ2v) is 8.45. The van der Waals surface area contributed by atoms with Crippen LogP contribution in [0.3, 0.4) is 0 Å². The van der Waals surface area contributed by atoms with Crippen LogP contribution < -0.4 is 0 Å². The topological polar surface area (TPSA) is 16.1 Å². The van der Waals surface area contributed by atoms with E-state index in [0.29, 0.717) is 35.8 Å². The molecule has 0 radical (unpaired) electrons. The fourth-order valence-corrected chi connectivity index (χ4v) is 4.20. The van der Waals surface area contributed by atoms with Gasteiger partial charge in [-0.3, -0.25) is 9.88 Å². The van der Waals surface area contributed by atoms with Gasteiger partial charge in [-0.25, -0.2) is 0 Å². The summed E-state index contributed by atoms with van der Waals surface area (Å²) in [7, 11) is 2.27. The van der Waals surface area contributed by atoms with Crippen LogP contribution in [0.25, 0.3) is 0 Å². The van der Waals surface area contributed by atoms with Gasteiger partial charge in [-0.15, -0.1) is 0 Å². The van der Waals surface area contributed by atoms with E-state index in [2.05, 4.69) is 73.4 Å². The number of hydrogen-bond donors (Lipinski definition) is 0. The van der Waals surface area contributed by atoms with Crippen molar-refractivity contribution < 1.29 is 0 Å². The fraction of sp³-hybridized carbons (Fsp3) is 0.762. The van der Waals surface area contributed by atoms with Crippen LogP contribution in [0.4, 0.5) is 0 Å². The average molecular weight is 317 g/mol. The van der Waals surface area contributed by atoms with Gasteiger partial charge in [0.25, 0.3) is 0 Å². The van der Waals surface area contributed by atoms with Crippen LogP contribution in [0.1, 0.15) is 95.3 Å². The molecule has 0 saturated carbocycles. The predicted molar refractivity (Wildman–Crippen MR) is 100 cm³/mol. The highest BCUT2D eigenvalue weighted by atomic mass is 15.2. The van der Waals surface area contributed by atoms with Gasteiger partial charge >= 0.3 is 0 Å². The van der Waals surface area contributed by atoms with Crippen LogP contribution >= 0.6 is 0 Å². The van der Waals surface area contributed by atoms with Gasteiger partial charge in [0.05, 0.1) is 5.69 Å². The Morgan fingerprint density at radius 1 is 1.13 bits per heavy atom. The van der Waals surface area contributed by atoms with E-state index in [4.69, 9.17) is 4.98 Å². The lowest BCUT2D eigenvalue weighted by Crippen LogP contribution is -2.40. The van der Waals surface area contributed by atoms with E-state index in [9.17, 15) is 0 Å². The highest BCUT2D eigenvalue weighted by molar-refractivity contribution is 5.40. The van der Waals surface area contributed by atoms with E-state index in [1.165, 1.54) is 17.7 Å². The maximum absolute atomic E-state index is 5.04. The van der Waals surface area contributed by atoms with Crippen LogP contribution in [0.5, 0.6) is 0 Å². The molecule has 2 heterocycles. The largest absolute Gasteiger partial charge is 0.295 e. The lowest BCUT2D eigenvalue weighted by molar-refractivity contribution is 0.126. The SMILES string of the molecule is Cc1cc(C(C)C)c2c(n1)[C@@H](C)N(C)[C@@H](C)[C@@H](C)CC2C(C)C. The Kier molecular flexibility index (Phi) is 5.56. The third-order valence-electron chi connectivity index (χ3n) is 6.14. The molecule has 2 nitrogen and oxygen atoms in total. The molecule has 1 aliphatic rings. The molecule has 0 saturated heterocycles. The summed E-state index contributed by atoms with van der Waals surface area (Å²) < 4.78 is 0. The maximum atomic E-state index is 5.04. The molecule has 130 valence electrons. The second-order valence-electron chi connectivity index (χ2n) is 8.45. The van der Waals surface area contributed by atoms with E-state index in [0.717, 1.165) is 5.69 Å². The number of fused-ring (bicyclic) bond motifs is 1. The third kappa shape index (κ3) is 3.47. The monoisotopic (exact) mass is 316 g/mol. The molecule has 1 unspecified atom stereocenters. The first kappa shape index (κ1) is 18.4.